The second-order valence-corrected chi connectivity index (χ2v) is 5.51. The van der Waals surface area contributed by atoms with Crippen LogP contribution < -0.4 is 0 Å². The summed E-state index contributed by atoms with van der Waals surface area (Å²) < 4.78 is 49.5. The van der Waals surface area contributed by atoms with E-state index in [0.717, 1.165) is 0 Å². The van der Waals surface area contributed by atoms with Crippen molar-refractivity contribution in [1.82, 2.24) is 0 Å². The van der Waals surface area contributed by atoms with Crippen molar-refractivity contribution in [2.24, 2.45) is 0 Å². The van der Waals surface area contributed by atoms with Crippen LogP contribution in [0.4, 0.5) is 13.2 Å². The maximum Gasteiger partial charge on any atom is 0.421 e. The lowest BCUT2D eigenvalue weighted by atomic mass is 9.93. The highest BCUT2D eigenvalue weighted by molar-refractivity contribution is 6.30. The number of allylic oxidation sites excluding steroid dienone is 1. The van der Waals surface area contributed by atoms with Gasteiger partial charge in [0.25, 0.3) is 0 Å². The van der Waals surface area contributed by atoms with E-state index in [-0.39, 0.29) is 25.4 Å². The normalized spacial score (nSPS) is 22.5. The minimum absolute atomic E-state index is 0.114. The molecule has 22 heavy (non-hydrogen) atoms. The van der Waals surface area contributed by atoms with Gasteiger partial charge < -0.3 is 14.6 Å². The van der Waals surface area contributed by atoms with Crippen molar-refractivity contribution >= 4 is 17.2 Å². The summed E-state index contributed by atoms with van der Waals surface area (Å²) >= 11 is 5.80. The molecule has 1 aromatic rings. The van der Waals surface area contributed by atoms with Crippen molar-refractivity contribution in [3.05, 3.63) is 40.4 Å². The quantitative estimate of drug-likeness (QED) is 0.656. The maximum absolute atomic E-state index is 13.3. The zero-order valence-electron chi connectivity index (χ0n) is 11.9. The number of benzene rings is 1. The largest absolute Gasteiger partial charge is 0.421 e. The molecule has 0 aromatic heterocycles. The summed E-state index contributed by atoms with van der Waals surface area (Å²) in [6.45, 7) is -0.493. The summed E-state index contributed by atoms with van der Waals surface area (Å²) in [7, 11) is 1.37. The number of halogens is 4. The van der Waals surface area contributed by atoms with Gasteiger partial charge in [-0.15, -0.1) is 0 Å². The Labute approximate surface area is 131 Å². The van der Waals surface area contributed by atoms with E-state index in [1.54, 1.807) is 24.3 Å². The molecule has 0 saturated heterocycles. The van der Waals surface area contributed by atoms with E-state index in [4.69, 9.17) is 16.3 Å². The molecule has 2 rings (SSSR count). The molecule has 0 radical (unpaired) electrons. The maximum atomic E-state index is 13.3. The van der Waals surface area contributed by atoms with Gasteiger partial charge in [0.15, 0.2) is 5.60 Å². The third-order valence-electron chi connectivity index (χ3n) is 3.71. The number of methoxy groups -OCH3 is 1. The Morgan fingerprint density at radius 2 is 1.91 bits per heavy atom. The van der Waals surface area contributed by atoms with Gasteiger partial charge in [-0.05, 0) is 41.7 Å². The lowest BCUT2D eigenvalue weighted by Crippen LogP contribution is -2.46. The number of aliphatic hydroxyl groups is 1. The molecule has 0 bridgehead atoms. The van der Waals surface area contributed by atoms with Crippen LogP contribution in [-0.4, -0.2) is 37.4 Å². The van der Waals surface area contributed by atoms with Gasteiger partial charge >= 0.3 is 6.18 Å². The lowest BCUT2D eigenvalue weighted by molar-refractivity contribution is -0.245. The van der Waals surface area contributed by atoms with E-state index in [2.05, 4.69) is 4.74 Å². The van der Waals surface area contributed by atoms with Crippen molar-refractivity contribution in [3.63, 3.8) is 0 Å². The molecule has 7 heteroatoms. The zero-order chi connectivity index (χ0) is 16.4. The minimum Gasteiger partial charge on any atom is -0.376 e. The van der Waals surface area contributed by atoms with E-state index in [9.17, 15) is 18.3 Å². The third-order valence-corrected chi connectivity index (χ3v) is 3.96. The Kier molecular flexibility index (Phi) is 5.17. The third kappa shape index (κ3) is 3.30. The van der Waals surface area contributed by atoms with Gasteiger partial charge in [-0.25, -0.2) is 0 Å². The molecule has 1 atom stereocenters. The van der Waals surface area contributed by atoms with Gasteiger partial charge in [0.2, 0.25) is 0 Å². The van der Waals surface area contributed by atoms with Gasteiger partial charge in [0.1, 0.15) is 6.79 Å². The van der Waals surface area contributed by atoms with E-state index in [1.807, 2.05) is 0 Å². The predicted octanol–water partition coefficient (Wildman–Crippen LogP) is 3.80. The zero-order valence-corrected chi connectivity index (χ0v) is 12.7. The molecule has 0 aliphatic heterocycles. The molecule has 1 aliphatic rings. The number of ether oxygens (including phenoxy) is 2. The van der Waals surface area contributed by atoms with Crippen LogP contribution in [0.5, 0.6) is 0 Å². The number of hydrogen-bond acceptors (Lipinski definition) is 3. The average Bonchev–Trinajstić information content (AvgIpc) is 2.79. The van der Waals surface area contributed by atoms with Gasteiger partial charge in [-0.2, -0.15) is 13.2 Å². The molecule has 0 saturated carbocycles. The fourth-order valence-corrected chi connectivity index (χ4v) is 2.70. The van der Waals surface area contributed by atoms with Crippen molar-refractivity contribution in [2.45, 2.75) is 24.6 Å². The van der Waals surface area contributed by atoms with Gasteiger partial charge in [0, 0.05) is 12.1 Å². The van der Waals surface area contributed by atoms with Crippen LogP contribution in [0, 0.1) is 0 Å². The topological polar surface area (TPSA) is 38.7 Å². The van der Waals surface area contributed by atoms with Crippen molar-refractivity contribution in [1.29, 1.82) is 0 Å². The van der Waals surface area contributed by atoms with Gasteiger partial charge in [-0.3, -0.25) is 0 Å². The first-order chi connectivity index (χ1) is 10.3. The summed E-state index contributed by atoms with van der Waals surface area (Å²) in [6, 6.07) is 6.47. The molecular formula is C15H16ClF3O3. The van der Waals surface area contributed by atoms with E-state index in [0.29, 0.717) is 16.2 Å². The van der Waals surface area contributed by atoms with Gasteiger partial charge in [0.05, 0.1) is 6.61 Å². The molecule has 1 aromatic carbocycles. The first kappa shape index (κ1) is 17.3. The summed E-state index contributed by atoms with van der Waals surface area (Å²) in [5.41, 5.74) is -2.00. The summed E-state index contributed by atoms with van der Waals surface area (Å²) in [6.07, 6.45) is -5.06. The smallest absolute Gasteiger partial charge is 0.376 e. The Morgan fingerprint density at radius 1 is 1.27 bits per heavy atom. The van der Waals surface area contributed by atoms with E-state index < -0.39 is 18.2 Å². The van der Waals surface area contributed by atoms with Crippen LogP contribution in [0.25, 0.3) is 5.57 Å². The first-order valence-electron chi connectivity index (χ1n) is 6.64. The first-order valence-corrected chi connectivity index (χ1v) is 7.01. The van der Waals surface area contributed by atoms with E-state index >= 15 is 0 Å². The standard InChI is InChI=1S/C15H16ClF3O3/c1-21-9-22-8-13-12(10-2-4-11(16)5-3-10)6-7-14(13,20)15(17,18)19/h2-5,20H,6-9H2,1H3. The fourth-order valence-electron chi connectivity index (χ4n) is 2.57. The highest BCUT2D eigenvalue weighted by Gasteiger charge is 2.58. The molecule has 0 heterocycles. The van der Waals surface area contributed by atoms with Gasteiger partial charge in [-0.1, -0.05) is 23.7 Å². The number of hydrogen-bond donors (Lipinski definition) is 1. The van der Waals surface area contributed by atoms with Crippen molar-refractivity contribution < 1.29 is 27.8 Å². The molecule has 122 valence electrons. The van der Waals surface area contributed by atoms with Crippen LogP contribution in [0.2, 0.25) is 5.02 Å². The second kappa shape index (κ2) is 6.58. The molecule has 3 nitrogen and oxygen atoms in total. The Balaban J connectivity index is 2.42. The van der Waals surface area contributed by atoms with Crippen LogP contribution in [0.15, 0.2) is 29.8 Å². The summed E-state index contributed by atoms with van der Waals surface area (Å²) in [5.74, 6) is 0. The number of alkyl halides is 3. The summed E-state index contributed by atoms with van der Waals surface area (Å²) in [5, 5.41) is 10.6. The van der Waals surface area contributed by atoms with Crippen LogP contribution >= 0.6 is 11.6 Å². The molecule has 1 unspecified atom stereocenters. The molecule has 0 spiro atoms. The van der Waals surface area contributed by atoms with Crippen LogP contribution in [-0.2, 0) is 9.47 Å². The van der Waals surface area contributed by atoms with Crippen LogP contribution in [0.3, 0.4) is 0 Å². The second-order valence-electron chi connectivity index (χ2n) is 5.08. The van der Waals surface area contributed by atoms with Crippen molar-refractivity contribution in [3.8, 4) is 0 Å². The summed E-state index contributed by atoms with van der Waals surface area (Å²) in [4.78, 5) is 0. The molecule has 1 N–H and O–H groups in total. The fraction of sp³-hybridized carbons (Fsp3) is 0.467. The Morgan fingerprint density at radius 3 is 2.45 bits per heavy atom. The highest BCUT2D eigenvalue weighted by atomic mass is 35.5. The van der Waals surface area contributed by atoms with Crippen LogP contribution in [0.1, 0.15) is 18.4 Å². The molecule has 0 fully saturated rings. The molecule has 0 amide bonds. The number of rotatable bonds is 5. The monoisotopic (exact) mass is 336 g/mol. The lowest BCUT2D eigenvalue weighted by Gasteiger charge is -2.29. The molecule has 1 aliphatic carbocycles. The highest BCUT2D eigenvalue weighted by Crippen LogP contribution is 2.49. The SMILES string of the molecule is COCOCC1=C(c2ccc(Cl)cc2)CCC1(O)C(F)(F)F. The average molecular weight is 337 g/mol. The minimum atomic E-state index is -4.76. The van der Waals surface area contributed by atoms with E-state index in [1.165, 1.54) is 7.11 Å². The Bertz CT molecular complexity index is 554. The predicted molar refractivity (Wildman–Crippen MR) is 76.4 cm³/mol. The van der Waals surface area contributed by atoms with Crippen molar-refractivity contribution in [2.75, 3.05) is 20.5 Å². The molecular weight excluding hydrogens is 321 g/mol. The Hall–Kier alpha value is -1.08.